The fourth-order valence-electron chi connectivity index (χ4n) is 3.46. The third-order valence-corrected chi connectivity index (χ3v) is 5.88. The fraction of sp³-hybridized carbons (Fsp3) is 0.812. The molecule has 118 valence electrons. The molecule has 0 saturated carbocycles. The van der Waals surface area contributed by atoms with E-state index in [0.29, 0.717) is 5.37 Å². The highest BCUT2D eigenvalue weighted by atomic mass is 32.2. The molecule has 3 aliphatic heterocycles. The lowest BCUT2D eigenvalue weighted by molar-refractivity contribution is -0.130. The first-order valence-electron chi connectivity index (χ1n) is 8.01. The molecular formula is C16H26N2O2S. The lowest BCUT2D eigenvalue weighted by atomic mass is 9.84. The number of amides is 1. The second kappa shape index (κ2) is 6.31. The number of thioether (sulfide) groups is 1. The predicted octanol–water partition coefficient (Wildman–Crippen LogP) is 2.31. The minimum absolute atomic E-state index is 0.268. The molecule has 2 fully saturated rings. The molecule has 2 saturated heterocycles. The Labute approximate surface area is 131 Å². The van der Waals surface area contributed by atoms with Crippen LogP contribution in [0.15, 0.2) is 11.0 Å². The van der Waals surface area contributed by atoms with E-state index in [4.69, 9.17) is 4.74 Å². The number of carbonyl (C=O) groups excluding carboxylic acids is 1. The zero-order valence-electron chi connectivity index (χ0n) is 13.1. The zero-order valence-corrected chi connectivity index (χ0v) is 14.0. The van der Waals surface area contributed by atoms with Crippen molar-refractivity contribution < 1.29 is 9.53 Å². The van der Waals surface area contributed by atoms with E-state index in [1.165, 1.54) is 6.42 Å². The first-order valence-corrected chi connectivity index (χ1v) is 8.95. The van der Waals surface area contributed by atoms with Gasteiger partial charge in [0.1, 0.15) is 0 Å². The first-order chi connectivity index (χ1) is 10.1. The Hall–Kier alpha value is -0.520. The number of ether oxygens (including phenoxy) is 1. The van der Waals surface area contributed by atoms with Crippen molar-refractivity contribution in [2.45, 2.75) is 38.5 Å². The number of piperidine rings is 1. The molecule has 0 bridgehead atoms. The summed E-state index contributed by atoms with van der Waals surface area (Å²) in [5.74, 6) is 0.269. The molecule has 0 spiro atoms. The van der Waals surface area contributed by atoms with Crippen LogP contribution in [0.2, 0.25) is 0 Å². The van der Waals surface area contributed by atoms with Gasteiger partial charge in [0.15, 0.2) is 0 Å². The summed E-state index contributed by atoms with van der Waals surface area (Å²) in [6, 6.07) is 0. The van der Waals surface area contributed by atoms with E-state index in [-0.39, 0.29) is 11.3 Å². The van der Waals surface area contributed by atoms with Crippen molar-refractivity contribution in [3.63, 3.8) is 0 Å². The number of carbonyl (C=O) groups is 1. The van der Waals surface area contributed by atoms with Crippen LogP contribution >= 0.6 is 11.8 Å². The number of rotatable bonds is 2. The normalized spacial score (nSPS) is 30.3. The van der Waals surface area contributed by atoms with E-state index in [0.717, 1.165) is 57.8 Å². The third-order valence-electron chi connectivity index (χ3n) is 4.68. The highest BCUT2D eigenvalue weighted by Gasteiger charge is 2.34. The van der Waals surface area contributed by atoms with Crippen LogP contribution < -0.4 is 0 Å². The van der Waals surface area contributed by atoms with Gasteiger partial charge in [0.25, 0.3) is 0 Å². The summed E-state index contributed by atoms with van der Waals surface area (Å²) in [5, 5.41) is 2.54. The maximum atomic E-state index is 12.7. The van der Waals surface area contributed by atoms with Crippen LogP contribution in [0.4, 0.5) is 0 Å². The molecule has 0 radical (unpaired) electrons. The zero-order chi connectivity index (χ0) is 14.9. The van der Waals surface area contributed by atoms with Crippen LogP contribution in [0.5, 0.6) is 0 Å². The highest BCUT2D eigenvalue weighted by Crippen LogP contribution is 2.35. The van der Waals surface area contributed by atoms with E-state index in [9.17, 15) is 4.79 Å². The van der Waals surface area contributed by atoms with Crippen molar-refractivity contribution in [1.29, 1.82) is 0 Å². The van der Waals surface area contributed by atoms with E-state index in [2.05, 4.69) is 29.1 Å². The van der Waals surface area contributed by atoms with E-state index in [1.807, 2.05) is 11.8 Å². The summed E-state index contributed by atoms with van der Waals surface area (Å²) in [5.41, 5.74) is 1.28. The molecule has 3 aliphatic rings. The molecule has 0 aromatic rings. The van der Waals surface area contributed by atoms with E-state index < -0.39 is 0 Å². The molecule has 4 nitrogen and oxygen atoms in total. The van der Waals surface area contributed by atoms with Gasteiger partial charge in [-0.1, -0.05) is 13.8 Å². The van der Waals surface area contributed by atoms with Crippen LogP contribution in [0.3, 0.4) is 0 Å². The van der Waals surface area contributed by atoms with Gasteiger partial charge in [0, 0.05) is 38.2 Å². The molecule has 0 aliphatic carbocycles. The molecule has 3 rings (SSSR count). The van der Waals surface area contributed by atoms with Gasteiger partial charge in [-0.2, -0.15) is 0 Å². The Morgan fingerprint density at radius 3 is 2.81 bits per heavy atom. The first kappa shape index (κ1) is 15.4. The van der Waals surface area contributed by atoms with Gasteiger partial charge in [0.05, 0.1) is 18.6 Å². The second-order valence-corrected chi connectivity index (χ2v) is 8.13. The smallest absolute Gasteiger partial charge is 0.250 e. The van der Waals surface area contributed by atoms with Gasteiger partial charge in [0.2, 0.25) is 5.91 Å². The molecule has 1 unspecified atom stereocenters. The topological polar surface area (TPSA) is 32.8 Å². The van der Waals surface area contributed by atoms with Crippen molar-refractivity contribution >= 4 is 17.7 Å². The van der Waals surface area contributed by atoms with Gasteiger partial charge < -0.3 is 9.64 Å². The van der Waals surface area contributed by atoms with Gasteiger partial charge in [-0.25, -0.2) is 0 Å². The Morgan fingerprint density at radius 2 is 2.10 bits per heavy atom. The summed E-state index contributed by atoms with van der Waals surface area (Å²) in [6.07, 6.45) is 3.24. The molecule has 1 amide bonds. The second-order valence-electron chi connectivity index (χ2n) is 7.08. The molecular weight excluding hydrogens is 284 g/mol. The average Bonchev–Trinajstić information content (AvgIpc) is 2.96. The monoisotopic (exact) mass is 310 g/mol. The summed E-state index contributed by atoms with van der Waals surface area (Å²) < 4.78 is 5.41. The third kappa shape index (κ3) is 3.63. The fourth-order valence-corrected chi connectivity index (χ4v) is 4.64. The standard InChI is InChI=1S/C16H26N2O2S/c1-16(2)4-3-5-18(12-16)15(19)13-10-14(21-11-13)17-6-8-20-9-7-17/h11,14H,3-10,12H2,1-2H3. The molecule has 1 atom stereocenters. The molecule has 0 N–H and O–H groups in total. The minimum Gasteiger partial charge on any atom is -0.379 e. The van der Waals surface area contributed by atoms with Crippen molar-refractivity contribution in [3.8, 4) is 0 Å². The Kier molecular flexibility index (Phi) is 4.62. The molecule has 5 heteroatoms. The molecule has 0 aromatic heterocycles. The predicted molar refractivity (Wildman–Crippen MR) is 86.1 cm³/mol. The van der Waals surface area contributed by atoms with Crippen LogP contribution in [0.1, 0.15) is 33.1 Å². The van der Waals surface area contributed by atoms with Gasteiger partial charge >= 0.3 is 0 Å². The van der Waals surface area contributed by atoms with Crippen molar-refractivity contribution in [3.05, 3.63) is 11.0 Å². The van der Waals surface area contributed by atoms with Gasteiger partial charge in [-0.15, -0.1) is 11.8 Å². The van der Waals surface area contributed by atoms with Crippen molar-refractivity contribution in [1.82, 2.24) is 9.80 Å². The van der Waals surface area contributed by atoms with Gasteiger partial charge in [-0.05, 0) is 23.7 Å². The van der Waals surface area contributed by atoms with Crippen LogP contribution in [-0.2, 0) is 9.53 Å². The summed E-state index contributed by atoms with van der Waals surface area (Å²) >= 11 is 1.81. The number of hydrogen-bond acceptors (Lipinski definition) is 4. The quantitative estimate of drug-likeness (QED) is 0.783. The van der Waals surface area contributed by atoms with Gasteiger partial charge in [-0.3, -0.25) is 9.69 Å². The summed E-state index contributed by atoms with van der Waals surface area (Å²) in [4.78, 5) is 17.2. The summed E-state index contributed by atoms with van der Waals surface area (Å²) in [6.45, 7) is 9.97. The summed E-state index contributed by atoms with van der Waals surface area (Å²) in [7, 11) is 0. The number of likely N-dealkylation sites (tertiary alicyclic amines) is 1. The van der Waals surface area contributed by atoms with Crippen LogP contribution in [-0.4, -0.2) is 60.5 Å². The van der Waals surface area contributed by atoms with Crippen molar-refractivity contribution in [2.75, 3.05) is 39.4 Å². The largest absolute Gasteiger partial charge is 0.379 e. The number of nitrogens with zero attached hydrogens (tertiary/aromatic N) is 2. The Balaban J connectivity index is 1.56. The van der Waals surface area contributed by atoms with Crippen LogP contribution in [0, 0.1) is 5.41 Å². The van der Waals surface area contributed by atoms with E-state index in [1.54, 1.807) is 0 Å². The molecule has 21 heavy (non-hydrogen) atoms. The maximum Gasteiger partial charge on any atom is 0.250 e. The Morgan fingerprint density at radius 1 is 1.33 bits per heavy atom. The van der Waals surface area contributed by atoms with Crippen LogP contribution in [0.25, 0.3) is 0 Å². The highest BCUT2D eigenvalue weighted by molar-refractivity contribution is 8.03. The Bertz CT molecular complexity index is 430. The number of hydrogen-bond donors (Lipinski definition) is 0. The van der Waals surface area contributed by atoms with E-state index >= 15 is 0 Å². The average molecular weight is 310 g/mol. The number of morpholine rings is 1. The maximum absolute atomic E-state index is 12.7. The van der Waals surface area contributed by atoms with Crippen molar-refractivity contribution in [2.24, 2.45) is 5.41 Å². The molecule has 0 aromatic carbocycles. The SMILES string of the molecule is CC1(C)CCCN(C(=O)C2=CSC(N3CCOCC3)C2)C1. The minimum atomic E-state index is 0.268. The lowest BCUT2D eigenvalue weighted by Gasteiger charge is -2.38. The molecule has 3 heterocycles. The lowest BCUT2D eigenvalue weighted by Crippen LogP contribution is -2.45.